The van der Waals surface area contributed by atoms with Gasteiger partial charge in [-0.15, -0.1) is 0 Å². The molecular weight excluding hydrogens is 785 g/mol. The molecule has 7 heteroatoms. The quantitative estimate of drug-likeness (QED) is 0.0648. The van der Waals surface area contributed by atoms with Crippen molar-refractivity contribution in [3.05, 3.63) is 154 Å². The van der Waals surface area contributed by atoms with Crippen molar-refractivity contribution in [2.75, 3.05) is 19.8 Å². The Hall–Kier alpha value is -3.66. The van der Waals surface area contributed by atoms with Crippen LogP contribution in [0.3, 0.4) is 0 Å². The Kier molecular flexibility index (Phi) is 21.9. The fraction of sp³-hybridized carbons (Fsp3) is 0.536. The molecule has 63 heavy (non-hydrogen) atoms. The van der Waals surface area contributed by atoms with Crippen LogP contribution in [0, 0.1) is 34.5 Å². The van der Waals surface area contributed by atoms with E-state index in [9.17, 15) is 25.5 Å². The summed E-state index contributed by atoms with van der Waals surface area (Å²) in [6.45, 7) is 26.8. The van der Waals surface area contributed by atoms with Crippen LogP contribution in [0.25, 0.3) is 0 Å². The first-order chi connectivity index (χ1) is 29.7. The third kappa shape index (κ3) is 16.7. The van der Waals surface area contributed by atoms with Gasteiger partial charge < -0.3 is 35.0 Å². The normalized spacial score (nSPS) is 30.3. The summed E-state index contributed by atoms with van der Waals surface area (Å²) in [6.07, 6.45) is 36.3. The van der Waals surface area contributed by atoms with Crippen LogP contribution in [0.5, 0.6) is 0 Å². The number of rotatable bonds is 19. The van der Waals surface area contributed by atoms with Crippen LogP contribution in [0.1, 0.15) is 109 Å². The summed E-state index contributed by atoms with van der Waals surface area (Å²) in [7, 11) is 0. The van der Waals surface area contributed by atoms with Gasteiger partial charge in [-0.2, -0.15) is 0 Å². The van der Waals surface area contributed by atoms with Crippen molar-refractivity contribution in [1.82, 2.24) is 0 Å². The van der Waals surface area contributed by atoms with E-state index in [1.54, 1.807) is 0 Å². The molecule has 0 aromatic carbocycles. The Balaban J connectivity index is 1.60. The van der Waals surface area contributed by atoms with Gasteiger partial charge in [0.2, 0.25) is 0 Å². The predicted molar refractivity (Wildman–Crippen MR) is 263 cm³/mol. The molecule has 0 bridgehead atoms. The number of allylic oxidation sites excluding steroid dienone is 24. The van der Waals surface area contributed by atoms with E-state index in [2.05, 4.69) is 186 Å². The molecule has 0 aromatic rings. The van der Waals surface area contributed by atoms with E-state index in [1.807, 2.05) is 6.92 Å². The Labute approximate surface area is 381 Å². The van der Waals surface area contributed by atoms with E-state index in [-0.39, 0.29) is 30.0 Å². The van der Waals surface area contributed by atoms with Gasteiger partial charge in [-0.1, -0.05) is 176 Å². The Morgan fingerprint density at radius 2 is 1.14 bits per heavy atom. The van der Waals surface area contributed by atoms with Crippen LogP contribution >= 0.6 is 0 Å². The molecule has 0 spiro atoms. The minimum Gasteiger partial charge on any atom is -0.392 e. The smallest absolute Gasteiger partial charge is 0.184 e. The minimum atomic E-state index is -1.59. The van der Waals surface area contributed by atoms with Crippen molar-refractivity contribution in [3.8, 4) is 0 Å². The van der Waals surface area contributed by atoms with E-state index in [0.717, 1.165) is 48.0 Å². The molecule has 1 heterocycles. The molecule has 0 amide bonds. The van der Waals surface area contributed by atoms with E-state index in [0.29, 0.717) is 24.4 Å². The minimum absolute atomic E-state index is 0.0307. The highest BCUT2D eigenvalue weighted by atomic mass is 16.6. The highest BCUT2D eigenvalue weighted by Gasteiger charge is 2.44. The van der Waals surface area contributed by atoms with Crippen molar-refractivity contribution in [2.45, 2.75) is 139 Å². The van der Waals surface area contributed by atoms with E-state index >= 15 is 0 Å². The van der Waals surface area contributed by atoms with Crippen LogP contribution in [0.4, 0.5) is 0 Å². The van der Waals surface area contributed by atoms with E-state index in [4.69, 9.17) is 9.47 Å². The third-order valence-electron chi connectivity index (χ3n) is 13.4. The molecular formula is C56H82O7. The van der Waals surface area contributed by atoms with Gasteiger partial charge in [0, 0.05) is 11.8 Å². The van der Waals surface area contributed by atoms with Crippen molar-refractivity contribution in [3.63, 3.8) is 0 Å². The van der Waals surface area contributed by atoms with Gasteiger partial charge in [-0.3, -0.25) is 0 Å². The molecule has 3 rings (SSSR count). The fourth-order valence-corrected chi connectivity index (χ4v) is 8.76. The molecule has 9 unspecified atom stereocenters. The standard InChI is InChI=1S/C56H82O7/c1-38(2)23-29-46-32-28-45(36-62-37-50-51(58)52(59)53(60)54(61)63-50)49(56(46,11)12)34-26-42(6)22-16-20-40(4)18-14-13-17-39(3)19-15-21-41(5)25-33-48-44(8)27-31-47(55(48,9)10)30-24-43(7)35-57/h13-28,33-34,46-54,57-61H,29-32,35-37H2,1-12H3. The van der Waals surface area contributed by atoms with Crippen molar-refractivity contribution < 1.29 is 35.0 Å². The number of hydrogen-bond donors (Lipinski definition) is 5. The zero-order valence-electron chi connectivity index (χ0n) is 40.6. The molecule has 1 fully saturated rings. The van der Waals surface area contributed by atoms with Gasteiger partial charge >= 0.3 is 0 Å². The summed E-state index contributed by atoms with van der Waals surface area (Å²) < 4.78 is 11.4. The second-order valence-corrected chi connectivity index (χ2v) is 19.7. The molecule has 348 valence electrons. The maximum Gasteiger partial charge on any atom is 0.184 e. The van der Waals surface area contributed by atoms with E-state index in [1.165, 1.54) is 22.3 Å². The van der Waals surface area contributed by atoms with Crippen LogP contribution in [-0.2, 0) is 9.47 Å². The van der Waals surface area contributed by atoms with Crippen LogP contribution in [0.2, 0.25) is 0 Å². The lowest BCUT2D eigenvalue weighted by Crippen LogP contribution is -2.58. The molecule has 0 aromatic heterocycles. The fourth-order valence-electron chi connectivity index (χ4n) is 8.76. The Bertz CT molecular complexity index is 1900. The summed E-state index contributed by atoms with van der Waals surface area (Å²) in [5, 5.41) is 49.7. The lowest BCUT2D eigenvalue weighted by atomic mass is 9.61. The molecule has 9 atom stereocenters. The molecule has 2 aliphatic carbocycles. The van der Waals surface area contributed by atoms with Crippen LogP contribution < -0.4 is 0 Å². The van der Waals surface area contributed by atoms with Crippen molar-refractivity contribution >= 4 is 0 Å². The maximum absolute atomic E-state index is 10.4. The summed E-state index contributed by atoms with van der Waals surface area (Å²) in [5.41, 5.74) is 9.65. The monoisotopic (exact) mass is 867 g/mol. The number of aliphatic hydroxyl groups is 5. The first kappa shape index (κ1) is 53.7. The van der Waals surface area contributed by atoms with Crippen molar-refractivity contribution in [2.24, 2.45) is 34.5 Å². The average Bonchev–Trinajstić information content (AvgIpc) is 3.21. The zero-order valence-corrected chi connectivity index (χ0v) is 40.6. The van der Waals surface area contributed by atoms with Gasteiger partial charge in [-0.05, 0) is 109 Å². The van der Waals surface area contributed by atoms with Gasteiger partial charge in [0.05, 0.1) is 19.8 Å². The molecule has 1 aliphatic heterocycles. The summed E-state index contributed by atoms with van der Waals surface area (Å²) in [5.74, 6) is 1.47. The summed E-state index contributed by atoms with van der Waals surface area (Å²) in [6, 6.07) is 0. The van der Waals surface area contributed by atoms with Crippen LogP contribution in [-0.4, -0.2) is 76.1 Å². The van der Waals surface area contributed by atoms with E-state index < -0.39 is 30.7 Å². The molecule has 0 radical (unpaired) electrons. The van der Waals surface area contributed by atoms with Gasteiger partial charge in [0.15, 0.2) is 6.29 Å². The lowest BCUT2D eigenvalue weighted by Gasteiger charge is -2.44. The van der Waals surface area contributed by atoms with Crippen LogP contribution in [0.15, 0.2) is 154 Å². The van der Waals surface area contributed by atoms with Gasteiger partial charge in [0.25, 0.3) is 0 Å². The molecule has 1 saturated heterocycles. The lowest BCUT2D eigenvalue weighted by molar-refractivity contribution is -0.288. The molecule has 7 nitrogen and oxygen atoms in total. The van der Waals surface area contributed by atoms with Crippen molar-refractivity contribution in [1.29, 1.82) is 0 Å². The first-order valence-corrected chi connectivity index (χ1v) is 23.0. The predicted octanol–water partition coefficient (Wildman–Crippen LogP) is 11.3. The Morgan fingerprint density at radius 1 is 0.651 bits per heavy atom. The summed E-state index contributed by atoms with van der Waals surface area (Å²) in [4.78, 5) is 0. The average molecular weight is 867 g/mol. The Morgan fingerprint density at radius 3 is 1.70 bits per heavy atom. The zero-order chi connectivity index (χ0) is 46.9. The second-order valence-electron chi connectivity index (χ2n) is 19.7. The highest BCUT2D eigenvalue weighted by molar-refractivity contribution is 5.34. The second kappa shape index (κ2) is 25.7. The maximum atomic E-state index is 10.4. The van der Waals surface area contributed by atoms with Gasteiger partial charge in [0.1, 0.15) is 24.4 Å². The first-order valence-electron chi connectivity index (χ1n) is 23.0. The number of ether oxygens (including phenoxy) is 2. The van der Waals surface area contributed by atoms with Gasteiger partial charge in [-0.25, -0.2) is 0 Å². The summed E-state index contributed by atoms with van der Waals surface area (Å²) >= 11 is 0. The highest BCUT2D eigenvalue weighted by Crippen LogP contribution is 2.49. The molecule has 0 saturated carbocycles. The third-order valence-corrected chi connectivity index (χ3v) is 13.4. The largest absolute Gasteiger partial charge is 0.392 e. The number of aliphatic hydroxyl groups excluding tert-OH is 5. The molecule has 3 aliphatic rings. The molecule has 5 N–H and O–H groups in total. The topological polar surface area (TPSA) is 120 Å². The SMILES string of the molecule is CC(C)=CCC1CC=C(COCC2OC(O)C(O)C(O)C2O)C(C=CC(C)=CC=CC(C)=CC=CC=C(C)C=CC=C(C)C=CC2C(C)=CCC(CC=C(C)CO)C2(C)C)C1(C)C. The number of hydrogen-bond acceptors (Lipinski definition) is 7.